The summed E-state index contributed by atoms with van der Waals surface area (Å²) in [5.41, 5.74) is -0.791. The molecule has 0 saturated carbocycles. The van der Waals surface area contributed by atoms with Gasteiger partial charge < -0.3 is 9.47 Å². The van der Waals surface area contributed by atoms with Crippen molar-refractivity contribution >= 4 is 81.5 Å². The second kappa shape index (κ2) is 5.08. The predicted octanol–water partition coefficient (Wildman–Crippen LogP) is 3.47. The smallest absolute Gasteiger partial charge is 0.336 e. The van der Waals surface area contributed by atoms with E-state index in [0.717, 1.165) is 14.2 Å². The first-order chi connectivity index (χ1) is 9.53. The molecule has 0 unspecified atom stereocenters. The zero-order valence-corrected chi connectivity index (χ0v) is 14.9. The Morgan fingerprint density at radius 3 is 1.33 bits per heavy atom. The number of allylic oxidation sites excluding steroid dienone is 2. The molecule has 2 aliphatic carbocycles. The molecule has 0 aromatic carbocycles. The van der Waals surface area contributed by atoms with Crippen molar-refractivity contribution in [3.05, 3.63) is 21.2 Å². The first kappa shape index (κ1) is 17.5. The number of carbonyl (C=O) groups excluding carboxylic acids is 2. The highest BCUT2D eigenvalue weighted by molar-refractivity contribution is 6.68. The number of carbonyl (C=O) groups is 2. The van der Waals surface area contributed by atoms with Crippen molar-refractivity contribution in [2.24, 2.45) is 0 Å². The Balaban J connectivity index is 2.90. The van der Waals surface area contributed by atoms with Crippen LogP contribution in [0.2, 0.25) is 0 Å². The Bertz CT molecular complexity index is 574. The van der Waals surface area contributed by atoms with E-state index in [2.05, 4.69) is 9.47 Å². The average Bonchev–Trinajstić information content (AvgIpc) is 2.65. The minimum absolute atomic E-state index is 0.251. The molecule has 0 N–H and O–H groups in total. The van der Waals surface area contributed by atoms with Crippen LogP contribution in [0.5, 0.6) is 0 Å². The van der Waals surface area contributed by atoms with Gasteiger partial charge in [0.15, 0.2) is 4.33 Å². The Hall–Kier alpha value is 0.160. The van der Waals surface area contributed by atoms with Gasteiger partial charge in [-0.3, -0.25) is 0 Å². The molecule has 0 heterocycles. The topological polar surface area (TPSA) is 52.6 Å². The van der Waals surface area contributed by atoms with E-state index in [-0.39, 0.29) is 10.1 Å². The lowest BCUT2D eigenvalue weighted by atomic mass is 9.95. The van der Waals surface area contributed by atoms with Gasteiger partial charge in [-0.05, 0) is 0 Å². The summed E-state index contributed by atoms with van der Waals surface area (Å²) >= 11 is 37.3. The van der Waals surface area contributed by atoms with Crippen molar-refractivity contribution in [3.8, 4) is 0 Å². The van der Waals surface area contributed by atoms with Gasteiger partial charge in [-0.1, -0.05) is 46.4 Å². The van der Waals surface area contributed by atoms with Gasteiger partial charge >= 0.3 is 11.9 Å². The van der Waals surface area contributed by atoms with E-state index in [1.165, 1.54) is 0 Å². The van der Waals surface area contributed by atoms with Crippen molar-refractivity contribution in [2.45, 2.75) is 14.1 Å². The molecule has 10 heteroatoms. The van der Waals surface area contributed by atoms with Crippen LogP contribution < -0.4 is 0 Å². The molecule has 0 aromatic rings. The molecular weight excluding hydrogens is 409 g/mol. The average molecular weight is 415 g/mol. The molecule has 116 valence electrons. The maximum atomic E-state index is 12.0. The number of hydrogen-bond acceptors (Lipinski definition) is 4. The molecule has 2 atom stereocenters. The van der Waals surface area contributed by atoms with Crippen molar-refractivity contribution in [1.29, 1.82) is 0 Å². The zero-order valence-electron chi connectivity index (χ0n) is 10.4. The SMILES string of the molecule is COC(=O)C1=C(C(=O)OC)[C@@]2(Cl)C(Cl)=C(Cl)[C@@]1(Cl)C2(Cl)Cl. The second-order valence-electron chi connectivity index (χ2n) is 4.25. The Morgan fingerprint density at radius 2 is 1.10 bits per heavy atom. The van der Waals surface area contributed by atoms with E-state index in [4.69, 9.17) is 69.6 Å². The summed E-state index contributed by atoms with van der Waals surface area (Å²) in [6.07, 6.45) is 0. The number of fused-ring (bicyclic) bond motifs is 2. The van der Waals surface area contributed by atoms with E-state index in [0.29, 0.717) is 0 Å². The monoisotopic (exact) mass is 412 g/mol. The third-order valence-corrected chi connectivity index (χ3v) is 7.46. The van der Waals surface area contributed by atoms with Crippen LogP contribution in [0.4, 0.5) is 0 Å². The summed E-state index contributed by atoms with van der Waals surface area (Å²) in [6.45, 7) is 0. The van der Waals surface area contributed by atoms with Crippen LogP contribution in [-0.4, -0.2) is 40.2 Å². The summed E-state index contributed by atoms with van der Waals surface area (Å²) in [4.78, 5) is 20.1. The summed E-state index contributed by atoms with van der Waals surface area (Å²) in [7, 11) is 2.17. The van der Waals surface area contributed by atoms with E-state index >= 15 is 0 Å². The van der Waals surface area contributed by atoms with Gasteiger partial charge in [-0.15, -0.1) is 23.2 Å². The first-order valence-electron chi connectivity index (χ1n) is 5.27. The number of esters is 2. The summed E-state index contributed by atoms with van der Waals surface area (Å²) < 4.78 is 7.13. The molecule has 0 fully saturated rings. The maximum Gasteiger partial charge on any atom is 0.336 e. The lowest BCUT2D eigenvalue weighted by Gasteiger charge is -2.32. The standard InChI is InChI=1S/C11H6Cl6O4/c1-20-7(18)3-4(8(19)21-2)10(15)6(13)5(12)9(3,14)11(10,16)17/h1-2H3/t9-,10-/m1/s1. The summed E-state index contributed by atoms with van der Waals surface area (Å²) in [6, 6.07) is 0. The molecule has 0 saturated heterocycles. The van der Waals surface area contributed by atoms with Crippen molar-refractivity contribution in [1.82, 2.24) is 0 Å². The van der Waals surface area contributed by atoms with Crippen LogP contribution in [-0.2, 0) is 19.1 Å². The quantitative estimate of drug-likeness (QED) is 0.513. The second-order valence-corrected chi connectivity index (χ2v) is 7.47. The van der Waals surface area contributed by atoms with Crippen LogP contribution in [0.3, 0.4) is 0 Å². The van der Waals surface area contributed by atoms with E-state index in [1.807, 2.05) is 0 Å². The number of methoxy groups -OCH3 is 2. The molecule has 2 bridgehead atoms. The van der Waals surface area contributed by atoms with Crippen molar-refractivity contribution < 1.29 is 19.1 Å². The zero-order chi connectivity index (χ0) is 16.4. The van der Waals surface area contributed by atoms with Crippen LogP contribution in [0, 0.1) is 0 Å². The van der Waals surface area contributed by atoms with Gasteiger partial charge in [-0.25, -0.2) is 9.59 Å². The molecular formula is C11H6Cl6O4. The fourth-order valence-corrected chi connectivity index (χ4v) is 5.05. The van der Waals surface area contributed by atoms with Crippen LogP contribution in [0.15, 0.2) is 21.2 Å². The van der Waals surface area contributed by atoms with Gasteiger partial charge in [-0.2, -0.15) is 0 Å². The Kier molecular flexibility index (Phi) is 4.24. The third kappa shape index (κ3) is 1.72. The number of rotatable bonds is 2. The molecule has 2 rings (SSSR count). The highest BCUT2D eigenvalue weighted by Crippen LogP contribution is 2.74. The van der Waals surface area contributed by atoms with Crippen LogP contribution >= 0.6 is 69.6 Å². The maximum absolute atomic E-state index is 12.0. The lowest BCUT2D eigenvalue weighted by Crippen LogP contribution is -2.46. The number of halogens is 6. The van der Waals surface area contributed by atoms with E-state index in [9.17, 15) is 9.59 Å². The Morgan fingerprint density at radius 1 is 0.810 bits per heavy atom. The number of ether oxygens (including phenoxy) is 2. The van der Waals surface area contributed by atoms with Crippen molar-refractivity contribution in [2.75, 3.05) is 14.2 Å². The molecule has 2 aliphatic rings. The van der Waals surface area contributed by atoms with Gasteiger partial charge in [0.2, 0.25) is 0 Å². The highest BCUT2D eigenvalue weighted by atomic mass is 35.5. The third-order valence-electron chi connectivity index (χ3n) is 3.38. The molecule has 0 radical (unpaired) electrons. The normalized spacial score (nSPS) is 33.5. The Labute approximate surface area is 149 Å². The number of hydrogen-bond donors (Lipinski definition) is 0. The molecule has 0 aliphatic heterocycles. The summed E-state index contributed by atoms with van der Waals surface area (Å²) in [5, 5.41) is -0.502. The molecule has 21 heavy (non-hydrogen) atoms. The van der Waals surface area contributed by atoms with E-state index < -0.39 is 37.2 Å². The van der Waals surface area contributed by atoms with E-state index in [1.54, 1.807) is 0 Å². The van der Waals surface area contributed by atoms with Crippen LogP contribution in [0.25, 0.3) is 0 Å². The predicted molar refractivity (Wildman–Crippen MR) is 81.4 cm³/mol. The summed E-state index contributed by atoms with van der Waals surface area (Å²) in [5.74, 6) is -1.94. The molecule has 0 amide bonds. The van der Waals surface area contributed by atoms with Gasteiger partial charge in [0.05, 0.1) is 35.4 Å². The largest absolute Gasteiger partial charge is 0.466 e. The number of alkyl halides is 4. The van der Waals surface area contributed by atoms with Crippen molar-refractivity contribution in [3.63, 3.8) is 0 Å². The molecule has 0 aromatic heterocycles. The fraction of sp³-hybridized carbons (Fsp3) is 0.455. The fourth-order valence-electron chi connectivity index (χ4n) is 2.38. The lowest BCUT2D eigenvalue weighted by molar-refractivity contribution is -0.139. The first-order valence-corrected chi connectivity index (χ1v) is 7.53. The van der Waals surface area contributed by atoms with Gasteiger partial charge in [0, 0.05) is 0 Å². The molecule has 0 spiro atoms. The molecule has 4 nitrogen and oxygen atoms in total. The van der Waals surface area contributed by atoms with Gasteiger partial charge in [0.1, 0.15) is 9.75 Å². The minimum Gasteiger partial charge on any atom is -0.466 e. The van der Waals surface area contributed by atoms with Crippen LogP contribution in [0.1, 0.15) is 0 Å². The minimum atomic E-state index is -2.09. The highest BCUT2D eigenvalue weighted by Gasteiger charge is 2.80. The van der Waals surface area contributed by atoms with Gasteiger partial charge in [0.25, 0.3) is 0 Å².